The summed E-state index contributed by atoms with van der Waals surface area (Å²) in [5.41, 5.74) is 15.1. The Morgan fingerprint density at radius 1 is 0.472 bits per heavy atom. The Balaban J connectivity index is 1.17. The summed E-state index contributed by atoms with van der Waals surface area (Å²) >= 11 is 3.72. The van der Waals surface area contributed by atoms with Crippen LogP contribution in [0.25, 0.3) is 65.2 Å². The Labute approximate surface area is 316 Å². The molecule has 0 saturated carbocycles. The summed E-state index contributed by atoms with van der Waals surface area (Å²) in [5, 5.41) is 2.59. The van der Waals surface area contributed by atoms with Crippen molar-refractivity contribution in [3.05, 3.63) is 191 Å². The van der Waals surface area contributed by atoms with Crippen LogP contribution in [0.1, 0.15) is 33.4 Å². The van der Waals surface area contributed by atoms with Crippen molar-refractivity contribution in [2.45, 2.75) is 29.1 Å². The first-order valence-corrected chi connectivity index (χ1v) is 19.7. The Bertz CT molecular complexity index is 2910. The fourth-order valence-electron chi connectivity index (χ4n) is 8.92. The van der Waals surface area contributed by atoms with Gasteiger partial charge in [0.1, 0.15) is 0 Å². The maximum absolute atomic E-state index is 5.38. The van der Waals surface area contributed by atoms with Gasteiger partial charge in [-0.3, -0.25) is 0 Å². The topological polar surface area (TPSA) is 25.8 Å². The van der Waals surface area contributed by atoms with Gasteiger partial charge in [-0.1, -0.05) is 139 Å². The molecule has 0 atom stereocenters. The van der Waals surface area contributed by atoms with Crippen LogP contribution in [0.3, 0.4) is 0 Å². The minimum atomic E-state index is -0.470. The van der Waals surface area contributed by atoms with E-state index in [2.05, 4.69) is 172 Å². The molecule has 1 aliphatic heterocycles. The van der Waals surface area contributed by atoms with Crippen molar-refractivity contribution >= 4 is 43.3 Å². The number of rotatable bonds is 3. The highest BCUT2D eigenvalue weighted by atomic mass is 32.2. The van der Waals surface area contributed by atoms with Gasteiger partial charge in [0.25, 0.3) is 0 Å². The van der Waals surface area contributed by atoms with Gasteiger partial charge in [-0.05, 0) is 89.2 Å². The molecule has 0 unspecified atom stereocenters. The van der Waals surface area contributed by atoms with Gasteiger partial charge in [0.15, 0.2) is 5.82 Å². The summed E-state index contributed by atoms with van der Waals surface area (Å²) < 4.78 is 2.57. The van der Waals surface area contributed by atoms with Crippen LogP contribution in [-0.4, -0.2) is 9.97 Å². The van der Waals surface area contributed by atoms with Gasteiger partial charge in [-0.25, -0.2) is 9.97 Å². The highest BCUT2D eigenvalue weighted by Gasteiger charge is 2.50. The lowest BCUT2D eigenvalue weighted by Gasteiger charge is -2.40. The third-order valence-corrected chi connectivity index (χ3v) is 13.4. The summed E-state index contributed by atoms with van der Waals surface area (Å²) in [6, 6.07) is 57.8. The van der Waals surface area contributed by atoms with Crippen molar-refractivity contribution in [1.82, 2.24) is 9.97 Å². The molecule has 0 amide bonds. The van der Waals surface area contributed by atoms with Gasteiger partial charge < -0.3 is 0 Å². The molecule has 9 aromatic rings. The van der Waals surface area contributed by atoms with E-state index in [9.17, 15) is 0 Å². The van der Waals surface area contributed by atoms with E-state index in [0.29, 0.717) is 0 Å². The Kier molecular flexibility index (Phi) is 6.74. The molecular weight excluding hydrogens is 681 g/mol. The molecule has 1 aliphatic carbocycles. The van der Waals surface area contributed by atoms with Gasteiger partial charge in [0, 0.05) is 46.7 Å². The van der Waals surface area contributed by atoms with Gasteiger partial charge in [0.05, 0.1) is 16.8 Å². The zero-order chi connectivity index (χ0) is 35.3. The van der Waals surface area contributed by atoms with Crippen LogP contribution in [0.2, 0.25) is 0 Å². The lowest BCUT2D eigenvalue weighted by atomic mass is 9.67. The molecule has 53 heavy (non-hydrogen) atoms. The molecule has 11 rings (SSSR count). The van der Waals surface area contributed by atoms with Crippen molar-refractivity contribution < 1.29 is 0 Å². The number of aryl methyl sites for hydroxylation is 2. The first-order valence-electron chi connectivity index (χ1n) is 18.1. The van der Waals surface area contributed by atoms with E-state index in [1.807, 2.05) is 23.1 Å². The van der Waals surface area contributed by atoms with Crippen LogP contribution in [0.5, 0.6) is 0 Å². The minimum absolute atomic E-state index is 0.470. The standard InChI is InChI=1S/C49H32N2S2/c1-29-24-30(2)47-36-23-21-33(26-39(36)49(40(47)25-29)37-15-7-10-18-44(37)53-45-19-11-8-16-38(45)49)48-50-41(31-12-4-3-5-13-31)28-42(51-48)32-20-22-35-34-14-6-9-17-43(34)52-46(35)27-32/h3-28H,1-2H3. The van der Waals surface area contributed by atoms with Crippen LogP contribution in [-0.2, 0) is 5.41 Å². The van der Waals surface area contributed by atoms with Crippen molar-refractivity contribution in [3.8, 4) is 45.0 Å². The van der Waals surface area contributed by atoms with Crippen LogP contribution in [0.4, 0.5) is 0 Å². The number of nitrogens with zero attached hydrogens (tertiary/aromatic N) is 2. The molecule has 4 heteroatoms. The molecule has 0 radical (unpaired) electrons. The summed E-state index contributed by atoms with van der Waals surface area (Å²) in [5.74, 6) is 0.728. The molecule has 2 aromatic heterocycles. The van der Waals surface area contributed by atoms with Crippen LogP contribution in [0, 0.1) is 13.8 Å². The van der Waals surface area contributed by atoms with E-state index in [1.54, 1.807) is 0 Å². The molecule has 0 saturated heterocycles. The number of aromatic nitrogens is 2. The van der Waals surface area contributed by atoms with E-state index in [-0.39, 0.29) is 0 Å². The van der Waals surface area contributed by atoms with E-state index in [4.69, 9.17) is 9.97 Å². The monoisotopic (exact) mass is 712 g/mol. The van der Waals surface area contributed by atoms with Crippen molar-refractivity contribution in [1.29, 1.82) is 0 Å². The molecule has 3 heterocycles. The highest BCUT2D eigenvalue weighted by Crippen LogP contribution is 2.63. The van der Waals surface area contributed by atoms with Gasteiger partial charge in [0.2, 0.25) is 0 Å². The van der Waals surface area contributed by atoms with Crippen LogP contribution in [0.15, 0.2) is 168 Å². The van der Waals surface area contributed by atoms with Crippen molar-refractivity contribution in [3.63, 3.8) is 0 Å². The lowest BCUT2D eigenvalue weighted by molar-refractivity contribution is 0.721. The van der Waals surface area contributed by atoms with Crippen LogP contribution < -0.4 is 0 Å². The largest absolute Gasteiger partial charge is 0.228 e. The zero-order valence-corrected chi connectivity index (χ0v) is 30.9. The van der Waals surface area contributed by atoms with Crippen molar-refractivity contribution in [2.75, 3.05) is 0 Å². The molecule has 2 nitrogen and oxygen atoms in total. The molecule has 250 valence electrons. The Hall–Kier alpha value is -5.81. The molecule has 7 aromatic carbocycles. The van der Waals surface area contributed by atoms with Gasteiger partial charge in [-0.2, -0.15) is 0 Å². The summed E-state index contributed by atoms with van der Waals surface area (Å²) in [6.07, 6.45) is 0. The molecule has 0 N–H and O–H groups in total. The summed E-state index contributed by atoms with van der Waals surface area (Å²) in [7, 11) is 0. The van der Waals surface area contributed by atoms with Gasteiger partial charge >= 0.3 is 0 Å². The van der Waals surface area contributed by atoms with E-state index in [1.165, 1.54) is 74.5 Å². The fraction of sp³-hybridized carbons (Fsp3) is 0.0612. The molecule has 0 fully saturated rings. The highest BCUT2D eigenvalue weighted by molar-refractivity contribution is 7.99. The van der Waals surface area contributed by atoms with Gasteiger partial charge in [-0.15, -0.1) is 11.3 Å². The van der Waals surface area contributed by atoms with E-state index >= 15 is 0 Å². The summed E-state index contributed by atoms with van der Waals surface area (Å²) in [6.45, 7) is 4.50. The SMILES string of the molecule is Cc1cc(C)c2c(c1)C1(c3ccccc3Sc3ccccc31)c1cc(-c3nc(-c4ccccc4)cc(-c4ccc5c(c4)sc4ccccc45)n3)ccc1-2. The minimum Gasteiger partial charge on any atom is -0.228 e. The second-order valence-corrected chi connectivity index (χ2v) is 16.4. The zero-order valence-electron chi connectivity index (χ0n) is 29.2. The van der Waals surface area contributed by atoms with E-state index < -0.39 is 5.41 Å². The molecule has 2 aliphatic rings. The molecule has 0 bridgehead atoms. The fourth-order valence-corrected chi connectivity index (χ4v) is 11.3. The maximum Gasteiger partial charge on any atom is 0.160 e. The quantitative estimate of drug-likeness (QED) is 0.182. The number of thiophene rings is 1. The predicted molar refractivity (Wildman–Crippen MR) is 222 cm³/mol. The lowest BCUT2D eigenvalue weighted by Crippen LogP contribution is -2.32. The average Bonchev–Trinajstić information content (AvgIpc) is 3.71. The third kappa shape index (κ3) is 4.52. The van der Waals surface area contributed by atoms with Crippen LogP contribution >= 0.6 is 23.1 Å². The van der Waals surface area contributed by atoms with Crippen molar-refractivity contribution in [2.24, 2.45) is 0 Å². The normalized spacial score (nSPS) is 13.5. The number of hydrogen-bond donors (Lipinski definition) is 0. The average molecular weight is 713 g/mol. The number of fused-ring (bicyclic) bond motifs is 12. The maximum atomic E-state index is 5.38. The van der Waals surface area contributed by atoms with E-state index in [0.717, 1.165) is 33.9 Å². The second kappa shape index (κ2) is 11.6. The first kappa shape index (κ1) is 30.8. The first-order chi connectivity index (χ1) is 26.1. The second-order valence-electron chi connectivity index (χ2n) is 14.2. The predicted octanol–water partition coefficient (Wildman–Crippen LogP) is 13.3. The number of hydrogen-bond acceptors (Lipinski definition) is 4. The Morgan fingerprint density at radius 3 is 1.92 bits per heavy atom. The summed E-state index contributed by atoms with van der Waals surface area (Å²) in [4.78, 5) is 13.3. The third-order valence-electron chi connectivity index (χ3n) is 11.1. The molecular formula is C49H32N2S2. The smallest absolute Gasteiger partial charge is 0.160 e. The molecule has 1 spiro atoms. The number of benzene rings is 7. The Morgan fingerprint density at radius 2 is 1.13 bits per heavy atom.